The van der Waals surface area contributed by atoms with E-state index >= 15 is 0 Å². The third-order valence-corrected chi connectivity index (χ3v) is 5.33. The highest BCUT2D eigenvalue weighted by Gasteiger charge is 2.33. The van der Waals surface area contributed by atoms with Gasteiger partial charge in [-0.2, -0.15) is 0 Å². The molecule has 1 aliphatic rings. The van der Waals surface area contributed by atoms with Crippen LogP contribution in [0.4, 0.5) is 0 Å². The summed E-state index contributed by atoms with van der Waals surface area (Å²) in [6.45, 7) is 3.65. The molecular formula is C21H20N4O4. The summed E-state index contributed by atoms with van der Waals surface area (Å²) in [5, 5.41) is 24.1. The molecule has 4 aromatic rings. The largest absolute Gasteiger partial charge is 0.488 e. The first-order valence-electron chi connectivity index (χ1n) is 9.41. The zero-order chi connectivity index (χ0) is 20.1. The first kappa shape index (κ1) is 17.8. The minimum Gasteiger partial charge on any atom is -0.488 e. The molecule has 1 aromatic carbocycles. The Hall–Kier alpha value is -3.23. The second kappa shape index (κ2) is 6.68. The fraction of sp³-hybridized carbons (Fsp3) is 0.286. The second-order valence-corrected chi connectivity index (χ2v) is 7.13. The Kier molecular flexibility index (Phi) is 4.11. The normalized spacial score (nSPS) is 16.8. The number of benzene rings is 1. The van der Waals surface area contributed by atoms with E-state index < -0.39 is 12.7 Å². The molecule has 0 saturated heterocycles. The first-order chi connectivity index (χ1) is 14.1. The van der Waals surface area contributed by atoms with E-state index in [1.807, 2.05) is 48.7 Å². The molecule has 0 fully saturated rings. The molecule has 1 aliphatic heterocycles. The van der Waals surface area contributed by atoms with Crippen molar-refractivity contribution in [2.75, 3.05) is 13.2 Å². The highest BCUT2D eigenvalue weighted by Crippen LogP contribution is 2.44. The van der Waals surface area contributed by atoms with Crippen LogP contribution in [0.2, 0.25) is 0 Å². The van der Waals surface area contributed by atoms with E-state index in [4.69, 9.17) is 9.26 Å². The van der Waals surface area contributed by atoms with E-state index in [1.165, 1.54) is 0 Å². The van der Waals surface area contributed by atoms with E-state index in [0.29, 0.717) is 29.5 Å². The Balaban J connectivity index is 1.81. The number of hydrogen-bond acceptors (Lipinski definition) is 7. The number of nitrogens with zero attached hydrogens (tertiary/aromatic N) is 4. The second-order valence-electron chi connectivity index (χ2n) is 7.13. The van der Waals surface area contributed by atoms with Crippen molar-refractivity contribution in [2.24, 2.45) is 0 Å². The van der Waals surface area contributed by atoms with E-state index in [9.17, 15) is 10.2 Å². The quantitative estimate of drug-likeness (QED) is 0.550. The standard InChI is InChI=1S/C21H20N4O4/c1-11-18(12(2)29-24-11)13-6-7-15-19-20(13)28-10-16(14-5-3-4-8-22-14)25(19)21(23-15)17(27)9-26/h3-8,16-17,26-27H,9-10H2,1-2H3. The average Bonchev–Trinajstić information content (AvgIpc) is 3.30. The molecule has 3 aromatic heterocycles. The number of aryl methyl sites for hydroxylation is 2. The summed E-state index contributed by atoms with van der Waals surface area (Å²) >= 11 is 0. The van der Waals surface area contributed by atoms with Gasteiger partial charge in [0.1, 0.15) is 35.9 Å². The van der Waals surface area contributed by atoms with Gasteiger partial charge in [0.05, 0.1) is 29.1 Å². The van der Waals surface area contributed by atoms with Gasteiger partial charge in [-0.15, -0.1) is 0 Å². The number of ether oxygens (including phenoxy) is 1. The summed E-state index contributed by atoms with van der Waals surface area (Å²) in [4.78, 5) is 9.08. The summed E-state index contributed by atoms with van der Waals surface area (Å²) in [5.74, 6) is 1.75. The van der Waals surface area contributed by atoms with Crippen LogP contribution in [-0.2, 0) is 0 Å². The minimum atomic E-state index is -1.11. The van der Waals surface area contributed by atoms with Crippen LogP contribution in [0, 0.1) is 13.8 Å². The van der Waals surface area contributed by atoms with Crippen LogP contribution in [0.3, 0.4) is 0 Å². The molecule has 2 atom stereocenters. The van der Waals surface area contributed by atoms with E-state index in [2.05, 4.69) is 15.1 Å². The summed E-state index contributed by atoms with van der Waals surface area (Å²) < 4.78 is 13.5. The Labute approximate surface area is 166 Å². The lowest BCUT2D eigenvalue weighted by Gasteiger charge is -2.28. The van der Waals surface area contributed by atoms with Gasteiger partial charge in [0, 0.05) is 11.8 Å². The maximum absolute atomic E-state index is 10.4. The molecule has 8 heteroatoms. The van der Waals surface area contributed by atoms with E-state index in [1.54, 1.807) is 6.20 Å². The molecule has 0 spiro atoms. The molecule has 2 unspecified atom stereocenters. The van der Waals surface area contributed by atoms with Gasteiger partial charge < -0.3 is 24.0 Å². The van der Waals surface area contributed by atoms with E-state index in [-0.39, 0.29) is 6.04 Å². The highest BCUT2D eigenvalue weighted by atomic mass is 16.5. The zero-order valence-electron chi connectivity index (χ0n) is 16.0. The number of aliphatic hydroxyl groups excluding tert-OH is 2. The maximum Gasteiger partial charge on any atom is 0.153 e. The lowest BCUT2D eigenvalue weighted by Crippen LogP contribution is -2.27. The predicted octanol–water partition coefficient (Wildman–Crippen LogP) is 2.71. The molecule has 8 nitrogen and oxygen atoms in total. The van der Waals surface area contributed by atoms with Gasteiger partial charge in [-0.05, 0) is 38.1 Å². The number of aromatic nitrogens is 4. The van der Waals surface area contributed by atoms with Crippen LogP contribution < -0.4 is 4.74 Å². The molecule has 148 valence electrons. The first-order valence-corrected chi connectivity index (χ1v) is 9.41. The Morgan fingerprint density at radius 1 is 1.24 bits per heavy atom. The molecule has 5 rings (SSSR count). The molecule has 2 N–H and O–H groups in total. The van der Waals surface area contributed by atoms with Crippen LogP contribution in [0.15, 0.2) is 41.1 Å². The van der Waals surface area contributed by atoms with Crippen molar-refractivity contribution < 1.29 is 19.5 Å². The molecule has 0 aliphatic carbocycles. The van der Waals surface area contributed by atoms with Gasteiger partial charge >= 0.3 is 0 Å². The summed E-state index contributed by atoms with van der Waals surface area (Å²) in [6, 6.07) is 9.22. The molecule has 0 amide bonds. The zero-order valence-corrected chi connectivity index (χ0v) is 16.0. The smallest absolute Gasteiger partial charge is 0.153 e. The Morgan fingerprint density at radius 3 is 2.79 bits per heavy atom. The summed E-state index contributed by atoms with van der Waals surface area (Å²) in [7, 11) is 0. The molecule has 0 saturated carbocycles. The van der Waals surface area contributed by atoms with Crippen molar-refractivity contribution in [3.05, 3.63) is 59.5 Å². The van der Waals surface area contributed by atoms with Crippen LogP contribution in [0.5, 0.6) is 5.75 Å². The molecule has 4 heterocycles. The number of rotatable bonds is 4. The Morgan fingerprint density at radius 2 is 2.10 bits per heavy atom. The number of hydrogen-bond donors (Lipinski definition) is 2. The summed E-state index contributed by atoms with van der Waals surface area (Å²) in [6.07, 6.45) is 0.614. The van der Waals surface area contributed by atoms with Gasteiger partial charge in [0.2, 0.25) is 0 Å². The highest BCUT2D eigenvalue weighted by molar-refractivity contribution is 5.93. The number of aliphatic hydroxyl groups is 2. The molecular weight excluding hydrogens is 372 g/mol. The Bertz CT molecular complexity index is 1180. The van der Waals surface area contributed by atoms with Crippen molar-refractivity contribution >= 4 is 11.0 Å². The van der Waals surface area contributed by atoms with Gasteiger partial charge in [-0.25, -0.2) is 4.98 Å². The van der Waals surface area contributed by atoms with Crippen molar-refractivity contribution in [1.29, 1.82) is 0 Å². The predicted molar refractivity (Wildman–Crippen MR) is 105 cm³/mol. The van der Waals surface area contributed by atoms with Crippen LogP contribution in [-0.4, -0.2) is 43.1 Å². The fourth-order valence-electron chi connectivity index (χ4n) is 4.05. The third-order valence-electron chi connectivity index (χ3n) is 5.33. The SMILES string of the molecule is Cc1noc(C)c1-c1ccc2nc(C(O)CO)n3c2c1OCC3c1ccccn1. The van der Waals surface area contributed by atoms with Crippen molar-refractivity contribution in [1.82, 2.24) is 19.7 Å². The lowest BCUT2D eigenvalue weighted by atomic mass is 10.0. The monoisotopic (exact) mass is 392 g/mol. The maximum atomic E-state index is 10.4. The van der Waals surface area contributed by atoms with Crippen LogP contribution >= 0.6 is 0 Å². The van der Waals surface area contributed by atoms with E-state index in [0.717, 1.165) is 28.0 Å². The van der Waals surface area contributed by atoms with Crippen molar-refractivity contribution in [2.45, 2.75) is 26.0 Å². The minimum absolute atomic E-state index is 0.273. The molecule has 0 radical (unpaired) electrons. The van der Waals surface area contributed by atoms with Gasteiger partial charge in [-0.3, -0.25) is 4.98 Å². The van der Waals surface area contributed by atoms with Crippen LogP contribution in [0.25, 0.3) is 22.2 Å². The van der Waals surface area contributed by atoms with Gasteiger partial charge in [0.15, 0.2) is 5.75 Å². The molecule has 0 bridgehead atoms. The van der Waals surface area contributed by atoms with Gasteiger partial charge in [0.25, 0.3) is 0 Å². The lowest BCUT2D eigenvalue weighted by molar-refractivity contribution is 0.0834. The van der Waals surface area contributed by atoms with Gasteiger partial charge in [-0.1, -0.05) is 11.2 Å². The fourth-order valence-corrected chi connectivity index (χ4v) is 4.05. The van der Waals surface area contributed by atoms with Crippen LogP contribution in [0.1, 0.15) is 35.1 Å². The summed E-state index contributed by atoms with van der Waals surface area (Å²) in [5.41, 5.74) is 4.75. The number of pyridine rings is 1. The third kappa shape index (κ3) is 2.64. The average molecular weight is 392 g/mol. The number of imidazole rings is 1. The van der Waals surface area contributed by atoms with Crippen molar-refractivity contribution in [3.8, 4) is 16.9 Å². The topological polar surface area (TPSA) is 106 Å². The molecule has 29 heavy (non-hydrogen) atoms. The van der Waals surface area contributed by atoms with Crippen molar-refractivity contribution in [3.63, 3.8) is 0 Å².